The molecule has 3 atom stereocenters. The van der Waals surface area contributed by atoms with Crippen LogP contribution in [-0.4, -0.2) is 35.3 Å². The highest BCUT2D eigenvalue weighted by Gasteiger charge is 2.17. The van der Waals surface area contributed by atoms with Gasteiger partial charge in [0.1, 0.15) is 0 Å². The third kappa shape index (κ3) is 5.03. The van der Waals surface area contributed by atoms with Crippen LogP contribution in [0.2, 0.25) is 0 Å². The van der Waals surface area contributed by atoms with E-state index < -0.39 is 6.03 Å². The van der Waals surface area contributed by atoms with Gasteiger partial charge in [-0.25, -0.2) is 4.79 Å². The molecule has 0 fully saturated rings. The molecule has 0 saturated heterocycles. The lowest BCUT2D eigenvalue weighted by atomic mass is 10.1. The van der Waals surface area contributed by atoms with Crippen LogP contribution >= 0.6 is 11.8 Å². The van der Waals surface area contributed by atoms with Crippen molar-refractivity contribution in [2.24, 2.45) is 5.73 Å². The number of amides is 2. The number of rotatable bonds is 7. The second-order valence-corrected chi connectivity index (χ2v) is 5.82. The van der Waals surface area contributed by atoms with Crippen LogP contribution in [-0.2, 0) is 0 Å². The molecule has 1 aromatic rings. The van der Waals surface area contributed by atoms with Crippen molar-refractivity contribution >= 4 is 23.5 Å². The minimum Gasteiger partial charge on any atom is -0.395 e. The standard InChI is InChI=1S/C14H23N3O2S/c1-9(16-10(2)13(8-18)20-3)11-4-6-12(7-5-11)17-14(15)19/h4-7,9-10,13,16,18H,8H2,1-3H3,(H3,15,17,19). The Bertz CT molecular complexity index is 421. The van der Waals surface area contributed by atoms with Crippen molar-refractivity contribution in [1.82, 2.24) is 5.32 Å². The molecular weight excluding hydrogens is 274 g/mol. The normalized spacial score (nSPS) is 15.4. The molecule has 0 radical (unpaired) electrons. The van der Waals surface area contributed by atoms with Crippen LogP contribution in [0.15, 0.2) is 24.3 Å². The summed E-state index contributed by atoms with van der Waals surface area (Å²) >= 11 is 1.65. The highest BCUT2D eigenvalue weighted by Crippen LogP contribution is 2.19. The van der Waals surface area contributed by atoms with Crippen molar-refractivity contribution in [1.29, 1.82) is 0 Å². The zero-order chi connectivity index (χ0) is 15.1. The number of urea groups is 1. The van der Waals surface area contributed by atoms with Crippen LogP contribution < -0.4 is 16.4 Å². The monoisotopic (exact) mass is 297 g/mol. The first-order valence-electron chi connectivity index (χ1n) is 6.54. The van der Waals surface area contributed by atoms with Gasteiger partial charge in [-0.3, -0.25) is 0 Å². The van der Waals surface area contributed by atoms with Gasteiger partial charge in [-0.1, -0.05) is 12.1 Å². The van der Waals surface area contributed by atoms with Gasteiger partial charge < -0.3 is 21.5 Å². The predicted octanol–water partition coefficient (Wildman–Crippen LogP) is 1.94. The summed E-state index contributed by atoms with van der Waals surface area (Å²) in [6, 6.07) is 7.33. The van der Waals surface area contributed by atoms with Gasteiger partial charge in [0.05, 0.1) is 6.61 Å². The summed E-state index contributed by atoms with van der Waals surface area (Å²) in [4.78, 5) is 10.7. The fraction of sp³-hybridized carbons (Fsp3) is 0.500. The molecule has 0 aliphatic carbocycles. The Labute approximate surface area is 124 Å². The van der Waals surface area contributed by atoms with E-state index in [0.29, 0.717) is 5.69 Å². The van der Waals surface area contributed by atoms with Gasteiger partial charge in [0, 0.05) is 23.0 Å². The van der Waals surface area contributed by atoms with E-state index in [-0.39, 0.29) is 23.9 Å². The molecule has 3 unspecified atom stereocenters. The number of nitrogens with one attached hydrogen (secondary N) is 2. The Kier molecular flexibility index (Phi) is 6.84. The maximum Gasteiger partial charge on any atom is 0.316 e. The second kappa shape index (κ2) is 8.14. The lowest BCUT2D eigenvalue weighted by Gasteiger charge is -2.25. The molecule has 0 bridgehead atoms. The van der Waals surface area contributed by atoms with Gasteiger partial charge in [0.25, 0.3) is 0 Å². The van der Waals surface area contributed by atoms with E-state index in [4.69, 9.17) is 5.73 Å². The van der Waals surface area contributed by atoms with E-state index in [1.807, 2.05) is 30.5 Å². The molecule has 0 aromatic heterocycles. The summed E-state index contributed by atoms with van der Waals surface area (Å²) in [5.74, 6) is 0. The zero-order valence-corrected chi connectivity index (χ0v) is 12.9. The van der Waals surface area contributed by atoms with Crippen molar-refractivity contribution in [3.63, 3.8) is 0 Å². The molecular formula is C14H23N3O2S. The first-order chi connectivity index (χ1) is 9.47. The summed E-state index contributed by atoms with van der Waals surface area (Å²) in [6.45, 7) is 4.29. The van der Waals surface area contributed by atoms with Crippen molar-refractivity contribution in [3.8, 4) is 0 Å². The van der Waals surface area contributed by atoms with Crippen LogP contribution in [0.4, 0.5) is 10.5 Å². The van der Waals surface area contributed by atoms with Crippen molar-refractivity contribution in [2.45, 2.75) is 31.2 Å². The zero-order valence-electron chi connectivity index (χ0n) is 12.1. The van der Waals surface area contributed by atoms with Crippen molar-refractivity contribution in [2.75, 3.05) is 18.2 Å². The summed E-state index contributed by atoms with van der Waals surface area (Å²) < 4.78 is 0. The molecule has 1 aromatic carbocycles. The van der Waals surface area contributed by atoms with Crippen molar-refractivity contribution in [3.05, 3.63) is 29.8 Å². The van der Waals surface area contributed by atoms with Crippen molar-refractivity contribution < 1.29 is 9.90 Å². The van der Waals surface area contributed by atoms with Gasteiger partial charge in [-0.2, -0.15) is 11.8 Å². The number of aliphatic hydroxyl groups is 1. The number of hydrogen-bond donors (Lipinski definition) is 4. The van der Waals surface area contributed by atoms with E-state index in [2.05, 4.69) is 24.5 Å². The molecule has 0 spiro atoms. The minimum absolute atomic E-state index is 0.156. The Balaban J connectivity index is 2.63. The van der Waals surface area contributed by atoms with E-state index in [1.165, 1.54) is 0 Å². The SMILES string of the molecule is CSC(CO)C(C)NC(C)c1ccc(NC(N)=O)cc1. The maximum atomic E-state index is 10.7. The van der Waals surface area contributed by atoms with Gasteiger partial charge in [-0.15, -0.1) is 0 Å². The largest absolute Gasteiger partial charge is 0.395 e. The van der Waals surface area contributed by atoms with Crippen LogP contribution in [0.1, 0.15) is 25.5 Å². The Hall–Kier alpha value is -1.24. The number of carbonyl (C=O) groups excluding carboxylic acids is 1. The lowest BCUT2D eigenvalue weighted by Crippen LogP contribution is -2.38. The average Bonchev–Trinajstić information content (AvgIpc) is 2.40. The summed E-state index contributed by atoms with van der Waals surface area (Å²) in [6.07, 6.45) is 1.99. The first kappa shape index (κ1) is 16.8. The third-order valence-electron chi connectivity index (χ3n) is 3.23. The molecule has 5 nitrogen and oxygen atoms in total. The first-order valence-corrected chi connectivity index (χ1v) is 7.82. The van der Waals surface area contributed by atoms with Crippen LogP contribution in [0, 0.1) is 0 Å². The van der Waals surface area contributed by atoms with E-state index in [9.17, 15) is 9.90 Å². The van der Waals surface area contributed by atoms with E-state index in [0.717, 1.165) is 5.56 Å². The lowest BCUT2D eigenvalue weighted by molar-refractivity contribution is 0.259. The summed E-state index contributed by atoms with van der Waals surface area (Å²) in [7, 11) is 0. The highest BCUT2D eigenvalue weighted by molar-refractivity contribution is 7.99. The number of benzene rings is 1. The van der Waals surface area contributed by atoms with Crippen LogP contribution in [0.25, 0.3) is 0 Å². The molecule has 0 heterocycles. The summed E-state index contributed by atoms with van der Waals surface area (Å²) in [5.41, 5.74) is 6.86. The third-order valence-corrected chi connectivity index (χ3v) is 4.39. The van der Waals surface area contributed by atoms with E-state index >= 15 is 0 Å². The molecule has 112 valence electrons. The Morgan fingerprint density at radius 3 is 2.40 bits per heavy atom. The number of primary amides is 1. The van der Waals surface area contributed by atoms with Gasteiger partial charge >= 0.3 is 6.03 Å². The van der Waals surface area contributed by atoms with Crippen LogP contribution in [0.3, 0.4) is 0 Å². The molecule has 6 heteroatoms. The number of thioether (sulfide) groups is 1. The highest BCUT2D eigenvalue weighted by atomic mass is 32.2. The minimum atomic E-state index is -0.566. The molecule has 0 saturated carbocycles. The van der Waals surface area contributed by atoms with Gasteiger partial charge in [0.15, 0.2) is 0 Å². The Morgan fingerprint density at radius 2 is 1.95 bits per heavy atom. The number of carbonyl (C=O) groups is 1. The molecule has 0 aliphatic heterocycles. The van der Waals surface area contributed by atoms with Crippen LogP contribution in [0.5, 0.6) is 0 Å². The quantitative estimate of drug-likeness (QED) is 0.619. The maximum absolute atomic E-state index is 10.7. The molecule has 1 rings (SSSR count). The molecule has 0 aliphatic rings. The predicted molar refractivity (Wildman–Crippen MR) is 85.0 cm³/mol. The number of nitrogens with two attached hydrogens (primary N) is 1. The van der Waals surface area contributed by atoms with E-state index in [1.54, 1.807) is 11.8 Å². The molecule has 2 amide bonds. The number of anilines is 1. The fourth-order valence-corrected chi connectivity index (χ4v) is 2.67. The summed E-state index contributed by atoms with van der Waals surface area (Å²) in [5, 5.41) is 15.5. The number of aliphatic hydroxyl groups excluding tert-OH is 1. The molecule has 20 heavy (non-hydrogen) atoms. The molecule has 5 N–H and O–H groups in total. The Morgan fingerprint density at radius 1 is 1.35 bits per heavy atom. The fourth-order valence-electron chi connectivity index (χ4n) is 2.03. The smallest absolute Gasteiger partial charge is 0.316 e. The van der Waals surface area contributed by atoms with Gasteiger partial charge in [0.2, 0.25) is 0 Å². The van der Waals surface area contributed by atoms with Gasteiger partial charge in [-0.05, 0) is 37.8 Å². The average molecular weight is 297 g/mol. The topological polar surface area (TPSA) is 87.4 Å². The second-order valence-electron chi connectivity index (χ2n) is 4.75. The number of hydrogen-bond acceptors (Lipinski definition) is 4.